The Morgan fingerprint density at radius 3 is 2.88 bits per heavy atom. The number of hydrogen-bond donors (Lipinski definition) is 1. The Bertz CT molecular complexity index is 363. The lowest BCUT2D eigenvalue weighted by Crippen LogP contribution is -2.43. The molecule has 1 aromatic rings. The van der Waals surface area contributed by atoms with E-state index in [1.165, 1.54) is 5.56 Å². The molecule has 1 saturated heterocycles. The number of nitrogens with zero attached hydrogens (tertiary/aromatic N) is 1. The highest BCUT2D eigenvalue weighted by molar-refractivity contribution is 7.99. The number of nitrogens with one attached hydrogen (secondary N) is 1. The molecular weight excluding hydrogens is 232 g/mol. The number of benzene rings is 1. The molecule has 1 aromatic carbocycles. The van der Waals surface area contributed by atoms with Crippen LogP contribution in [0.2, 0.25) is 0 Å². The van der Waals surface area contributed by atoms with Crippen molar-refractivity contribution in [2.45, 2.75) is 12.5 Å². The van der Waals surface area contributed by atoms with E-state index in [2.05, 4.69) is 17.4 Å². The van der Waals surface area contributed by atoms with Gasteiger partial charge >= 0.3 is 0 Å². The van der Waals surface area contributed by atoms with Crippen molar-refractivity contribution in [3.05, 3.63) is 35.9 Å². The largest absolute Gasteiger partial charge is 0.344 e. The zero-order valence-corrected chi connectivity index (χ0v) is 10.9. The number of hydrogen-bond acceptors (Lipinski definition) is 3. The van der Waals surface area contributed by atoms with E-state index in [1.807, 2.05) is 30.1 Å². The van der Waals surface area contributed by atoms with Crippen molar-refractivity contribution in [1.29, 1.82) is 0 Å². The summed E-state index contributed by atoms with van der Waals surface area (Å²) in [6, 6.07) is 10.3. The van der Waals surface area contributed by atoms with Gasteiger partial charge in [-0.15, -0.1) is 11.8 Å². The zero-order chi connectivity index (χ0) is 12.1. The van der Waals surface area contributed by atoms with Crippen molar-refractivity contribution in [2.24, 2.45) is 0 Å². The van der Waals surface area contributed by atoms with E-state index in [0.717, 1.165) is 24.6 Å². The fourth-order valence-corrected chi connectivity index (χ4v) is 2.80. The second-order valence-electron chi connectivity index (χ2n) is 4.27. The first-order valence-electron chi connectivity index (χ1n) is 5.87. The minimum atomic E-state index is 0.0146. The van der Waals surface area contributed by atoms with Crippen LogP contribution in [0.25, 0.3) is 0 Å². The molecular formula is C13H18N2OS. The summed E-state index contributed by atoms with van der Waals surface area (Å²) in [7, 11) is 1.88. The molecule has 0 aliphatic carbocycles. The van der Waals surface area contributed by atoms with Crippen molar-refractivity contribution in [1.82, 2.24) is 10.2 Å². The standard InChI is InChI=1S/C13H18N2OS/c1-15(13(16)12-9-17-10-14-12)8-7-11-5-3-2-4-6-11/h2-6,12,14H,7-10H2,1H3. The predicted octanol–water partition coefficient (Wildman–Crippen LogP) is 1.35. The summed E-state index contributed by atoms with van der Waals surface area (Å²) < 4.78 is 0. The van der Waals surface area contributed by atoms with Crippen LogP contribution in [0.1, 0.15) is 5.56 Å². The van der Waals surface area contributed by atoms with Crippen molar-refractivity contribution >= 4 is 17.7 Å². The first kappa shape index (κ1) is 12.5. The molecule has 0 bridgehead atoms. The maximum Gasteiger partial charge on any atom is 0.240 e. The van der Waals surface area contributed by atoms with Crippen LogP contribution in [0.15, 0.2) is 30.3 Å². The van der Waals surface area contributed by atoms with E-state index in [4.69, 9.17) is 0 Å². The van der Waals surface area contributed by atoms with Gasteiger partial charge in [-0.3, -0.25) is 10.1 Å². The van der Waals surface area contributed by atoms with E-state index < -0.39 is 0 Å². The van der Waals surface area contributed by atoms with Crippen molar-refractivity contribution in [3.63, 3.8) is 0 Å². The summed E-state index contributed by atoms with van der Waals surface area (Å²) in [5, 5.41) is 3.21. The molecule has 1 atom stereocenters. The topological polar surface area (TPSA) is 32.3 Å². The third-order valence-electron chi connectivity index (χ3n) is 2.97. The molecule has 1 amide bonds. The highest BCUT2D eigenvalue weighted by Crippen LogP contribution is 2.11. The monoisotopic (exact) mass is 250 g/mol. The quantitative estimate of drug-likeness (QED) is 0.875. The maximum absolute atomic E-state index is 12.0. The molecule has 1 N–H and O–H groups in total. The van der Waals surface area contributed by atoms with Crippen LogP contribution in [0.5, 0.6) is 0 Å². The van der Waals surface area contributed by atoms with E-state index >= 15 is 0 Å². The molecule has 1 heterocycles. The third-order valence-corrected chi connectivity index (χ3v) is 3.91. The molecule has 1 fully saturated rings. The molecule has 1 unspecified atom stereocenters. The van der Waals surface area contributed by atoms with Gasteiger partial charge in [-0.05, 0) is 12.0 Å². The average molecular weight is 250 g/mol. The maximum atomic E-state index is 12.0. The van der Waals surface area contributed by atoms with Gasteiger partial charge in [0.05, 0.1) is 6.04 Å². The molecule has 2 rings (SSSR count). The highest BCUT2D eigenvalue weighted by Gasteiger charge is 2.24. The van der Waals surface area contributed by atoms with Crippen molar-refractivity contribution < 1.29 is 4.79 Å². The molecule has 0 spiro atoms. The summed E-state index contributed by atoms with van der Waals surface area (Å²) >= 11 is 1.78. The minimum Gasteiger partial charge on any atom is -0.344 e. The molecule has 0 radical (unpaired) electrons. The van der Waals surface area contributed by atoms with Gasteiger partial charge in [0.25, 0.3) is 0 Å². The fourth-order valence-electron chi connectivity index (χ4n) is 1.87. The summed E-state index contributed by atoms with van der Waals surface area (Å²) in [6.45, 7) is 0.783. The first-order valence-corrected chi connectivity index (χ1v) is 7.03. The SMILES string of the molecule is CN(CCc1ccccc1)C(=O)C1CSCN1. The Kier molecular flexibility index (Phi) is 4.45. The average Bonchev–Trinajstić information content (AvgIpc) is 2.90. The van der Waals surface area contributed by atoms with Gasteiger partial charge in [0, 0.05) is 25.2 Å². The Morgan fingerprint density at radius 1 is 1.47 bits per heavy atom. The van der Waals surface area contributed by atoms with Gasteiger partial charge in [0.15, 0.2) is 0 Å². The van der Waals surface area contributed by atoms with Crippen molar-refractivity contribution in [3.8, 4) is 0 Å². The first-order chi connectivity index (χ1) is 8.27. The van der Waals surface area contributed by atoms with Gasteiger partial charge in [-0.1, -0.05) is 30.3 Å². The normalized spacial score (nSPS) is 19.2. The van der Waals surface area contributed by atoms with E-state index in [0.29, 0.717) is 0 Å². The lowest BCUT2D eigenvalue weighted by molar-refractivity contribution is -0.131. The number of likely N-dealkylation sites (N-methyl/N-ethyl adjacent to an activating group) is 1. The summed E-state index contributed by atoms with van der Waals surface area (Å²) in [6.07, 6.45) is 0.920. The highest BCUT2D eigenvalue weighted by atomic mass is 32.2. The van der Waals surface area contributed by atoms with Crippen LogP contribution < -0.4 is 5.32 Å². The van der Waals surface area contributed by atoms with Crippen molar-refractivity contribution in [2.75, 3.05) is 25.2 Å². The van der Waals surface area contributed by atoms with E-state index in [1.54, 1.807) is 11.8 Å². The van der Waals surface area contributed by atoms with E-state index in [9.17, 15) is 4.79 Å². The summed E-state index contributed by atoms with van der Waals surface area (Å²) in [4.78, 5) is 13.8. The number of amides is 1. The number of carbonyl (C=O) groups is 1. The Hall–Kier alpha value is -1.00. The molecule has 3 nitrogen and oxygen atoms in total. The molecule has 92 valence electrons. The van der Waals surface area contributed by atoms with Crippen LogP contribution in [-0.2, 0) is 11.2 Å². The smallest absolute Gasteiger partial charge is 0.240 e. The van der Waals surface area contributed by atoms with Gasteiger partial charge < -0.3 is 4.90 Å². The molecule has 0 saturated carbocycles. The zero-order valence-electron chi connectivity index (χ0n) is 10.1. The van der Waals surface area contributed by atoms with Crippen LogP contribution in [-0.4, -0.2) is 42.1 Å². The molecule has 1 aliphatic heterocycles. The Morgan fingerprint density at radius 2 is 2.24 bits per heavy atom. The number of carbonyl (C=O) groups excluding carboxylic acids is 1. The Balaban J connectivity index is 1.80. The molecule has 1 aliphatic rings. The lowest BCUT2D eigenvalue weighted by atomic mass is 10.1. The molecule has 17 heavy (non-hydrogen) atoms. The van der Waals surface area contributed by atoms with Gasteiger partial charge in [-0.2, -0.15) is 0 Å². The lowest BCUT2D eigenvalue weighted by Gasteiger charge is -2.20. The number of rotatable bonds is 4. The third kappa shape index (κ3) is 3.48. The number of thioether (sulfide) groups is 1. The van der Waals surface area contributed by atoms with Gasteiger partial charge in [0.1, 0.15) is 0 Å². The fraction of sp³-hybridized carbons (Fsp3) is 0.462. The van der Waals surface area contributed by atoms with Crippen LogP contribution in [0, 0.1) is 0 Å². The van der Waals surface area contributed by atoms with Crippen LogP contribution >= 0.6 is 11.8 Å². The predicted molar refractivity (Wildman–Crippen MR) is 72.0 cm³/mol. The van der Waals surface area contributed by atoms with Gasteiger partial charge in [-0.25, -0.2) is 0 Å². The molecule has 0 aromatic heterocycles. The van der Waals surface area contributed by atoms with E-state index in [-0.39, 0.29) is 11.9 Å². The van der Waals surface area contributed by atoms with Crippen LogP contribution in [0.3, 0.4) is 0 Å². The Labute approximate surface area is 107 Å². The second kappa shape index (κ2) is 6.07. The summed E-state index contributed by atoms with van der Waals surface area (Å²) in [5.74, 6) is 2.00. The van der Waals surface area contributed by atoms with Gasteiger partial charge in [0.2, 0.25) is 5.91 Å². The minimum absolute atomic E-state index is 0.0146. The summed E-state index contributed by atoms with van der Waals surface area (Å²) in [5.41, 5.74) is 1.28. The molecule has 4 heteroatoms. The second-order valence-corrected chi connectivity index (χ2v) is 5.30. The van der Waals surface area contributed by atoms with Crippen LogP contribution in [0.4, 0.5) is 0 Å².